The number of rotatable bonds is 8. The van der Waals surface area contributed by atoms with Gasteiger partial charge in [0, 0.05) is 12.6 Å². The van der Waals surface area contributed by atoms with E-state index in [-0.39, 0.29) is 12.2 Å². The van der Waals surface area contributed by atoms with Gasteiger partial charge < -0.3 is 10.4 Å². The van der Waals surface area contributed by atoms with Crippen LogP contribution in [0.1, 0.15) is 26.7 Å². The monoisotopic (exact) mass is 256 g/mol. The molecule has 18 heavy (non-hydrogen) atoms. The first-order chi connectivity index (χ1) is 8.56. The fourth-order valence-electron chi connectivity index (χ4n) is 1.71. The van der Waals surface area contributed by atoms with Crippen molar-refractivity contribution in [3.8, 4) is 0 Å². The summed E-state index contributed by atoms with van der Waals surface area (Å²) in [6.45, 7) is 4.88. The smallest absolute Gasteiger partial charge is 0.306 e. The molecule has 0 saturated heterocycles. The van der Waals surface area contributed by atoms with E-state index in [1.807, 2.05) is 0 Å². The molecule has 1 aromatic rings. The lowest BCUT2D eigenvalue weighted by atomic mass is 10.1. The summed E-state index contributed by atoms with van der Waals surface area (Å²) in [5, 5.41) is 27.3. The highest BCUT2D eigenvalue weighted by Gasteiger charge is 2.12. The highest BCUT2D eigenvalue weighted by Crippen LogP contribution is 2.08. The van der Waals surface area contributed by atoms with Crippen LogP contribution in [0, 0.1) is 10.1 Å². The first-order valence-electron chi connectivity index (χ1n) is 6.15. The molecule has 0 aliphatic heterocycles. The van der Waals surface area contributed by atoms with Crippen LogP contribution >= 0.6 is 0 Å². The van der Waals surface area contributed by atoms with Crippen molar-refractivity contribution in [2.75, 3.05) is 6.54 Å². The van der Waals surface area contributed by atoms with Crippen LogP contribution in [-0.4, -0.2) is 38.5 Å². The first-order valence-corrected chi connectivity index (χ1v) is 6.15. The summed E-state index contributed by atoms with van der Waals surface area (Å²) < 4.78 is 1.39. The van der Waals surface area contributed by atoms with Gasteiger partial charge in [0.2, 0.25) is 0 Å². The molecule has 1 aromatic heterocycles. The predicted molar refractivity (Wildman–Crippen MR) is 67.3 cm³/mol. The molecule has 102 valence electrons. The lowest BCUT2D eigenvalue weighted by Gasteiger charge is -2.17. The molecule has 0 amide bonds. The van der Waals surface area contributed by atoms with Crippen LogP contribution in [-0.2, 0) is 6.54 Å². The minimum atomic E-state index is -0.606. The number of nitrogens with one attached hydrogen (secondary N) is 1. The van der Waals surface area contributed by atoms with Crippen LogP contribution in [0.2, 0.25) is 0 Å². The van der Waals surface area contributed by atoms with E-state index in [0.29, 0.717) is 12.6 Å². The Morgan fingerprint density at radius 1 is 1.56 bits per heavy atom. The third-order valence-electron chi connectivity index (χ3n) is 2.86. The topological polar surface area (TPSA) is 93.2 Å². The van der Waals surface area contributed by atoms with Gasteiger partial charge in [0.25, 0.3) is 0 Å². The van der Waals surface area contributed by atoms with E-state index in [0.717, 1.165) is 12.8 Å². The second kappa shape index (κ2) is 7.07. The molecule has 0 aliphatic rings. The quantitative estimate of drug-likeness (QED) is 0.533. The van der Waals surface area contributed by atoms with Gasteiger partial charge >= 0.3 is 5.69 Å². The van der Waals surface area contributed by atoms with E-state index in [1.165, 1.54) is 17.1 Å². The van der Waals surface area contributed by atoms with Crippen LogP contribution in [0.5, 0.6) is 0 Å². The number of hydrogen-bond donors (Lipinski definition) is 2. The van der Waals surface area contributed by atoms with Crippen molar-refractivity contribution >= 4 is 5.69 Å². The van der Waals surface area contributed by atoms with Crippen molar-refractivity contribution in [1.29, 1.82) is 0 Å². The number of aliphatic hydroxyl groups is 1. The molecule has 1 rings (SSSR count). The van der Waals surface area contributed by atoms with Gasteiger partial charge in [0.1, 0.15) is 12.4 Å². The molecule has 0 fully saturated rings. The fraction of sp³-hybridized carbons (Fsp3) is 0.727. The van der Waals surface area contributed by atoms with Crippen molar-refractivity contribution in [2.45, 2.75) is 45.4 Å². The van der Waals surface area contributed by atoms with Crippen molar-refractivity contribution in [3.63, 3.8) is 0 Å². The summed E-state index contributed by atoms with van der Waals surface area (Å²) in [7, 11) is 0. The van der Waals surface area contributed by atoms with Gasteiger partial charge in [-0.05, 0) is 12.8 Å². The van der Waals surface area contributed by atoms with E-state index in [4.69, 9.17) is 0 Å². The van der Waals surface area contributed by atoms with Crippen LogP contribution in [0.3, 0.4) is 0 Å². The zero-order valence-corrected chi connectivity index (χ0v) is 10.7. The maximum absolute atomic E-state index is 10.5. The number of nitrogens with zero attached hydrogens (tertiary/aromatic N) is 3. The fourth-order valence-corrected chi connectivity index (χ4v) is 1.71. The van der Waals surface area contributed by atoms with Gasteiger partial charge in [-0.2, -0.15) is 5.10 Å². The standard InChI is InChI=1S/C11H20N4O3/c1-3-9(4-2)12-6-11(16)8-14-7-10(5-13-14)15(17)18/h5,7,9,11-12,16H,3-4,6,8H2,1-2H3. The maximum Gasteiger partial charge on any atom is 0.306 e. The van der Waals surface area contributed by atoms with E-state index in [1.54, 1.807) is 0 Å². The molecule has 7 nitrogen and oxygen atoms in total. The molecule has 0 aromatic carbocycles. The second-order valence-electron chi connectivity index (χ2n) is 4.25. The van der Waals surface area contributed by atoms with Crippen LogP contribution < -0.4 is 5.32 Å². The van der Waals surface area contributed by atoms with Crippen molar-refractivity contribution in [3.05, 3.63) is 22.5 Å². The molecule has 0 saturated carbocycles. The lowest BCUT2D eigenvalue weighted by molar-refractivity contribution is -0.385. The molecule has 0 spiro atoms. The Kier molecular flexibility index (Phi) is 5.73. The highest BCUT2D eigenvalue weighted by molar-refractivity contribution is 5.20. The van der Waals surface area contributed by atoms with Crippen molar-refractivity contribution in [1.82, 2.24) is 15.1 Å². The molecule has 1 unspecified atom stereocenters. The summed E-state index contributed by atoms with van der Waals surface area (Å²) in [5.41, 5.74) is -0.0600. The van der Waals surface area contributed by atoms with Crippen molar-refractivity contribution < 1.29 is 10.0 Å². The molecule has 7 heteroatoms. The Labute approximate surface area is 106 Å². The van der Waals surface area contributed by atoms with Crippen LogP contribution in [0.4, 0.5) is 5.69 Å². The van der Waals surface area contributed by atoms with Crippen molar-refractivity contribution in [2.24, 2.45) is 0 Å². The Bertz CT molecular complexity index is 376. The molecule has 2 N–H and O–H groups in total. The summed E-state index contributed by atoms with van der Waals surface area (Å²) in [4.78, 5) is 9.97. The van der Waals surface area contributed by atoms with Crippen LogP contribution in [0.25, 0.3) is 0 Å². The van der Waals surface area contributed by atoms with E-state index in [9.17, 15) is 15.2 Å². The molecule has 0 bridgehead atoms. The zero-order valence-electron chi connectivity index (χ0n) is 10.7. The van der Waals surface area contributed by atoms with Gasteiger partial charge in [-0.3, -0.25) is 14.8 Å². The Morgan fingerprint density at radius 2 is 2.22 bits per heavy atom. The number of hydrogen-bond acceptors (Lipinski definition) is 5. The normalized spacial score (nSPS) is 12.9. The van der Waals surface area contributed by atoms with Gasteiger partial charge in [-0.1, -0.05) is 13.8 Å². The third-order valence-corrected chi connectivity index (χ3v) is 2.86. The number of aliphatic hydroxyl groups excluding tert-OH is 1. The molecular formula is C11H20N4O3. The SMILES string of the molecule is CCC(CC)NCC(O)Cn1cc([N+](=O)[O-])cn1. The van der Waals surface area contributed by atoms with Gasteiger partial charge in [-0.25, -0.2) is 0 Å². The predicted octanol–water partition coefficient (Wildman–Crippen LogP) is 0.930. The van der Waals surface area contributed by atoms with E-state index < -0.39 is 11.0 Å². The summed E-state index contributed by atoms with van der Waals surface area (Å²) in [6, 6.07) is 0.395. The molecule has 0 radical (unpaired) electrons. The average molecular weight is 256 g/mol. The molecule has 0 aliphatic carbocycles. The van der Waals surface area contributed by atoms with Gasteiger partial charge in [0.15, 0.2) is 0 Å². The largest absolute Gasteiger partial charge is 0.390 e. The summed E-state index contributed by atoms with van der Waals surface area (Å²) >= 11 is 0. The third kappa shape index (κ3) is 4.42. The minimum absolute atomic E-state index is 0.0600. The number of nitro groups is 1. The van der Waals surface area contributed by atoms with E-state index in [2.05, 4.69) is 24.3 Å². The Morgan fingerprint density at radius 3 is 2.72 bits per heavy atom. The number of aromatic nitrogens is 2. The van der Waals surface area contributed by atoms with Gasteiger partial charge in [-0.15, -0.1) is 0 Å². The second-order valence-corrected chi connectivity index (χ2v) is 4.25. The molecular weight excluding hydrogens is 236 g/mol. The Hall–Kier alpha value is -1.47. The summed E-state index contributed by atoms with van der Waals surface area (Å²) in [6.07, 6.45) is 3.92. The van der Waals surface area contributed by atoms with Crippen LogP contribution in [0.15, 0.2) is 12.4 Å². The lowest BCUT2D eigenvalue weighted by Crippen LogP contribution is -2.36. The molecule has 1 atom stereocenters. The van der Waals surface area contributed by atoms with Gasteiger partial charge in [0.05, 0.1) is 17.6 Å². The summed E-state index contributed by atoms with van der Waals surface area (Å²) in [5.74, 6) is 0. The maximum atomic E-state index is 10.5. The Balaban J connectivity index is 2.39. The van der Waals surface area contributed by atoms with E-state index >= 15 is 0 Å². The zero-order chi connectivity index (χ0) is 13.5. The minimum Gasteiger partial charge on any atom is -0.390 e. The first kappa shape index (κ1) is 14.6. The molecule has 1 heterocycles. The average Bonchev–Trinajstić information content (AvgIpc) is 2.79. The highest BCUT2D eigenvalue weighted by atomic mass is 16.6.